The third-order valence-corrected chi connectivity index (χ3v) is 4.06. The molecule has 1 aromatic carbocycles. The molecule has 1 aliphatic carbocycles. The van der Waals surface area contributed by atoms with Gasteiger partial charge in [0, 0.05) is 29.1 Å². The van der Waals surface area contributed by atoms with Crippen LogP contribution in [0, 0.1) is 5.82 Å². The van der Waals surface area contributed by atoms with Gasteiger partial charge in [0.15, 0.2) is 0 Å². The summed E-state index contributed by atoms with van der Waals surface area (Å²) in [6.07, 6.45) is 4.67. The third kappa shape index (κ3) is 3.59. The van der Waals surface area contributed by atoms with E-state index in [0.29, 0.717) is 23.5 Å². The summed E-state index contributed by atoms with van der Waals surface area (Å²) < 4.78 is 13.8. The highest BCUT2D eigenvalue weighted by Gasteiger charge is 2.25. The molecule has 0 atom stereocenters. The molecule has 0 amide bonds. The predicted octanol–water partition coefficient (Wildman–Crippen LogP) is 4.46. The van der Waals surface area contributed by atoms with E-state index in [1.54, 1.807) is 12.1 Å². The molecule has 0 saturated heterocycles. The second kappa shape index (κ2) is 6.74. The number of rotatable bonds is 6. The van der Waals surface area contributed by atoms with Crippen LogP contribution in [0.3, 0.4) is 0 Å². The van der Waals surface area contributed by atoms with Crippen molar-refractivity contribution in [3.8, 4) is 0 Å². The van der Waals surface area contributed by atoms with E-state index in [9.17, 15) is 4.39 Å². The van der Waals surface area contributed by atoms with E-state index < -0.39 is 0 Å². The smallest absolute Gasteiger partial charge is 0.129 e. The van der Waals surface area contributed by atoms with Gasteiger partial charge < -0.3 is 0 Å². The SMILES string of the molecule is Fc1cc(Cl)ccc1CN(CCCCl)C1CCC1. The monoisotopic (exact) mass is 289 g/mol. The summed E-state index contributed by atoms with van der Waals surface area (Å²) >= 11 is 11.5. The summed E-state index contributed by atoms with van der Waals surface area (Å²) in [7, 11) is 0. The van der Waals surface area contributed by atoms with E-state index in [0.717, 1.165) is 18.5 Å². The van der Waals surface area contributed by atoms with Crippen molar-refractivity contribution in [3.05, 3.63) is 34.6 Å². The van der Waals surface area contributed by atoms with Gasteiger partial charge in [-0.1, -0.05) is 24.1 Å². The van der Waals surface area contributed by atoms with E-state index in [1.165, 1.54) is 25.3 Å². The van der Waals surface area contributed by atoms with Gasteiger partial charge in [-0.2, -0.15) is 0 Å². The van der Waals surface area contributed by atoms with Crippen molar-refractivity contribution < 1.29 is 4.39 Å². The zero-order valence-corrected chi connectivity index (χ0v) is 11.9. The van der Waals surface area contributed by atoms with Crippen LogP contribution >= 0.6 is 23.2 Å². The molecule has 1 aliphatic rings. The van der Waals surface area contributed by atoms with Crippen molar-refractivity contribution in [2.24, 2.45) is 0 Å². The zero-order chi connectivity index (χ0) is 13.0. The fourth-order valence-electron chi connectivity index (χ4n) is 2.27. The number of benzene rings is 1. The highest BCUT2D eigenvalue weighted by molar-refractivity contribution is 6.30. The van der Waals surface area contributed by atoms with Crippen LogP contribution in [-0.2, 0) is 6.54 Å². The molecule has 1 nitrogen and oxygen atoms in total. The molecule has 18 heavy (non-hydrogen) atoms. The minimum Gasteiger partial charge on any atom is -0.296 e. The number of alkyl halides is 1. The molecule has 4 heteroatoms. The Balaban J connectivity index is 2.02. The Hall–Kier alpha value is -0.310. The highest BCUT2D eigenvalue weighted by Crippen LogP contribution is 2.27. The van der Waals surface area contributed by atoms with Crippen LogP contribution in [0.25, 0.3) is 0 Å². The lowest BCUT2D eigenvalue weighted by molar-refractivity contribution is 0.118. The van der Waals surface area contributed by atoms with E-state index in [1.807, 2.05) is 0 Å². The maximum atomic E-state index is 13.8. The number of nitrogens with zero attached hydrogens (tertiary/aromatic N) is 1. The van der Waals surface area contributed by atoms with Crippen LogP contribution in [0.1, 0.15) is 31.2 Å². The zero-order valence-electron chi connectivity index (χ0n) is 10.3. The van der Waals surface area contributed by atoms with Crippen molar-refractivity contribution in [1.29, 1.82) is 0 Å². The standard InChI is InChI=1S/C14H18Cl2FN/c15-7-2-8-18(13-3-1-4-13)10-11-5-6-12(16)9-14(11)17/h5-6,9,13H,1-4,7-8,10H2. The van der Waals surface area contributed by atoms with E-state index >= 15 is 0 Å². The first kappa shape index (κ1) is 14.1. The highest BCUT2D eigenvalue weighted by atomic mass is 35.5. The first-order valence-electron chi connectivity index (χ1n) is 6.44. The molecular formula is C14H18Cl2FN. The minimum absolute atomic E-state index is 0.210. The van der Waals surface area contributed by atoms with Gasteiger partial charge in [0.05, 0.1) is 0 Å². The molecule has 2 rings (SSSR count). The largest absolute Gasteiger partial charge is 0.296 e. The van der Waals surface area contributed by atoms with Gasteiger partial charge in [-0.3, -0.25) is 4.90 Å². The maximum absolute atomic E-state index is 13.8. The van der Waals surface area contributed by atoms with Crippen LogP contribution in [0.4, 0.5) is 4.39 Å². The lowest BCUT2D eigenvalue weighted by atomic mass is 9.91. The summed E-state index contributed by atoms with van der Waals surface area (Å²) in [4.78, 5) is 2.35. The Kier molecular flexibility index (Phi) is 5.28. The van der Waals surface area contributed by atoms with Gasteiger partial charge in [-0.15, -0.1) is 11.6 Å². The summed E-state index contributed by atoms with van der Waals surface area (Å²) in [6, 6.07) is 5.52. The van der Waals surface area contributed by atoms with E-state index in [-0.39, 0.29) is 5.82 Å². The quantitative estimate of drug-likeness (QED) is 0.699. The average Bonchev–Trinajstić information content (AvgIpc) is 2.27. The van der Waals surface area contributed by atoms with Crippen molar-refractivity contribution in [2.45, 2.75) is 38.3 Å². The molecule has 1 fully saturated rings. The Bertz CT molecular complexity index is 393. The van der Waals surface area contributed by atoms with Crippen LogP contribution in [0.15, 0.2) is 18.2 Å². The van der Waals surface area contributed by atoms with Crippen molar-refractivity contribution >= 4 is 23.2 Å². The van der Waals surface area contributed by atoms with Crippen molar-refractivity contribution in [2.75, 3.05) is 12.4 Å². The van der Waals surface area contributed by atoms with Crippen molar-refractivity contribution in [1.82, 2.24) is 4.90 Å². The number of halogens is 3. The van der Waals surface area contributed by atoms with Crippen LogP contribution in [0.5, 0.6) is 0 Å². The van der Waals surface area contributed by atoms with E-state index in [4.69, 9.17) is 23.2 Å². The van der Waals surface area contributed by atoms with Gasteiger partial charge in [-0.05, 0) is 37.9 Å². The Labute approximate surface area is 118 Å². The third-order valence-electron chi connectivity index (χ3n) is 3.56. The van der Waals surface area contributed by atoms with Gasteiger partial charge in [0.25, 0.3) is 0 Å². The summed E-state index contributed by atoms with van der Waals surface area (Å²) in [5.74, 6) is 0.449. The fourth-order valence-corrected chi connectivity index (χ4v) is 2.55. The molecule has 1 aromatic rings. The summed E-state index contributed by atoms with van der Waals surface area (Å²) in [5.41, 5.74) is 0.723. The lowest BCUT2D eigenvalue weighted by Gasteiger charge is -2.37. The minimum atomic E-state index is -0.210. The molecule has 0 aromatic heterocycles. The van der Waals surface area contributed by atoms with Gasteiger partial charge in [0.1, 0.15) is 5.82 Å². The molecule has 0 N–H and O–H groups in total. The Morgan fingerprint density at radius 3 is 2.67 bits per heavy atom. The normalized spacial score (nSPS) is 16.0. The molecule has 0 bridgehead atoms. The van der Waals surface area contributed by atoms with Crippen molar-refractivity contribution in [3.63, 3.8) is 0 Å². The topological polar surface area (TPSA) is 3.24 Å². The second-order valence-electron chi connectivity index (χ2n) is 4.83. The lowest BCUT2D eigenvalue weighted by Crippen LogP contribution is -2.40. The van der Waals surface area contributed by atoms with Gasteiger partial charge >= 0.3 is 0 Å². The number of hydrogen-bond donors (Lipinski definition) is 0. The predicted molar refractivity (Wildman–Crippen MR) is 74.8 cm³/mol. The fraction of sp³-hybridized carbons (Fsp3) is 0.571. The average molecular weight is 290 g/mol. The summed E-state index contributed by atoms with van der Waals surface area (Å²) in [5, 5.41) is 0.451. The molecule has 0 unspecified atom stereocenters. The van der Waals surface area contributed by atoms with Crippen LogP contribution in [-0.4, -0.2) is 23.4 Å². The molecule has 100 valence electrons. The second-order valence-corrected chi connectivity index (χ2v) is 5.65. The molecule has 0 spiro atoms. The Morgan fingerprint density at radius 2 is 2.11 bits per heavy atom. The first-order valence-corrected chi connectivity index (χ1v) is 7.36. The molecule has 0 aliphatic heterocycles. The van der Waals surface area contributed by atoms with E-state index in [2.05, 4.69) is 4.90 Å². The molecule has 0 heterocycles. The molecular weight excluding hydrogens is 272 g/mol. The first-order chi connectivity index (χ1) is 8.70. The summed E-state index contributed by atoms with van der Waals surface area (Å²) in [6.45, 7) is 1.60. The Morgan fingerprint density at radius 1 is 1.33 bits per heavy atom. The van der Waals surface area contributed by atoms with Crippen LogP contribution < -0.4 is 0 Å². The number of hydrogen-bond acceptors (Lipinski definition) is 1. The maximum Gasteiger partial charge on any atom is 0.129 e. The van der Waals surface area contributed by atoms with Gasteiger partial charge in [0.2, 0.25) is 0 Å². The molecule has 1 saturated carbocycles. The van der Waals surface area contributed by atoms with Crippen LogP contribution in [0.2, 0.25) is 5.02 Å². The molecule has 0 radical (unpaired) electrons. The van der Waals surface area contributed by atoms with Gasteiger partial charge in [-0.25, -0.2) is 4.39 Å².